The molecule has 17 heavy (non-hydrogen) atoms. The first-order valence-electron chi connectivity index (χ1n) is 5.41. The molecule has 0 radical (unpaired) electrons. The van der Waals surface area contributed by atoms with Crippen LogP contribution in [0.3, 0.4) is 0 Å². The third-order valence-electron chi connectivity index (χ3n) is 2.49. The van der Waals surface area contributed by atoms with E-state index in [9.17, 15) is 9.59 Å². The monoisotopic (exact) mass is 243 g/mol. The van der Waals surface area contributed by atoms with Crippen LogP contribution in [0.1, 0.15) is 12.8 Å². The molecule has 7 nitrogen and oxygen atoms in total. The van der Waals surface area contributed by atoms with E-state index in [2.05, 4.69) is 10.5 Å². The molecule has 0 saturated heterocycles. The first-order chi connectivity index (χ1) is 8.06. The Kier molecular flexibility index (Phi) is 4.89. The Bertz CT molecular complexity index is 330. The van der Waals surface area contributed by atoms with Crippen LogP contribution in [0, 0.1) is 0 Å². The minimum atomic E-state index is -1.14. The van der Waals surface area contributed by atoms with Gasteiger partial charge in [-0.15, -0.1) is 0 Å². The average Bonchev–Trinajstić information content (AvgIpc) is 2.77. The highest BCUT2D eigenvalue weighted by molar-refractivity contribution is 6.36. The first kappa shape index (κ1) is 13.4. The lowest BCUT2D eigenvalue weighted by molar-refractivity contribution is -0.140. The number of carbonyl (C=O) groups is 2. The summed E-state index contributed by atoms with van der Waals surface area (Å²) < 4.78 is 0. The van der Waals surface area contributed by atoms with Gasteiger partial charge in [0, 0.05) is 20.0 Å². The molecule has 1 amide bonds. The maximum absolute atomic E-state index is 11.8. The predicted molar refractivity (Wildman–Crippen MR) is 60.7 cm³/mol. The van der Waals surface area contributed by atoms with Gasteiger partial charge < -0.3 is 20.2 Å². The van der Waals surface area contributed by atoms with Crippen molar-refractivity contribution in [1.82, 2.24) is 10.2 Å². The Morgan fingerprint density at radius 2 is 2.35 bits per heavy atom. The molecule has 0 fully saturated rings. The number of rotatable bonds is 6. The number of carboxylic acid groups (broad SMARTS) is 1. The lowest BCUT2D eigenvalue weighted by atomic mass is 10.1. The van der Waals surface area contributed by atoms with E-state index in [1.807, 2.05) is 7.05 Å². The number of carbonyl (C=O) groups excluding carboxylic acids is 1. The third-order valence-corrected chi connectivity index (χ3v) is 2.49. The van der Waals surface area contributed by atoms with Crippen molar-refractivity contribution in [2.75, 3.05) is 27.2 Å². The van der Waals surface area contributed by atoms with Gasteiger partial charge in [-0.1, -0.05) is 5.16 Å². The highest BCUT2D eigenvalue weighted by Gasteiger charge is 2.33. The van der Waals surface area contributed by atoms with Crippen LogP contribution < -0.4 is 5.32 Å². The molecule has 0 aromatic carbocycles. The van der Waals surface area contributed by atoms with Gasteiger partial charge in [0.2, 0.25) is 6.10 Å². The molecule has 1 aliphatic rings. The molecule has 0 aromatic heterocycles. The maximum Gasteiger partial charge on any atom is 0.353 e. The van der Waals surface area contributed by atoms with Crippen molar-refractivity contribution in [3.05, 3.63) is 0 Å². The molecule has 0 spiro atoms. The van der Waals surface area contributed by atoms with Gasteiger partial charge in [0.15, 0.2) is 5.71 Å². The summed E-state index contributed by atoms with van der Waals surface area (Å²) in [6.45, 7) is 1.42. The smallest absolute Gasteiger partial charge is 0.353 e. The fourth-order valence-corrected chi connectivity index (χ4v) is 1.49. The minimum absolute atomic E-state index is 0.0323. The van der Waals surface area contributed by atoms with E-state index in [0.29, 0.717) is 6.54 Å². The third kappa shape index (κ3) is 3.70. The van der Waals surface area contributed by atoms with E-state index >= 15 is 0 Å². The summed E-state index contributed by atoms with van der Waals surface area (Å²) in [6, 6.07) is 0. The van der Waals surface area contributed by atoms with E-state index < -0.39 is 12.1 Å². The molecule has 1 heterocycles. The van der Waals surface area contributed by atoms with Gasteiger partial charge in [-0.05, 0) is 20.0 Å². The molecular formula is C10H17N3O4. The zero-order valence-electron chi connectivity index (χ0n) is 9.97. The van der Waals surface area contributed by atoms with Crippen molar-refractivity contribution in [3.63, 3.8) is 0 Å². The van der Waals surface area contributed by atoms with Crippen molar-refractivity contribution in [1.29, 1.82) is 0 Å². The van der Waals surface area contributed by atoms with Gasteiger partial charge in [0.25, 0.3) is 5.91 Å². The van der Waals surface area contributed by atoms with Crippen LogP contribution in [0.2, 0.25) is 0 Å². The number of oxime groups is 1. The molecule has 0 bridgehead atoms. The van der Waals surface area contributed by atoms with Crippen molar-refractivity contribution in [2.45, 2.75) is 18.9 Å². The number of carboxylic acids is 1. The van der Waals surface area contributed by atoms with Crippen LogP contribution in [-0.2, 0) is 14.4 Å². The van der Waals surface area contributed by atoms with E-state index in [-0.39, 0.29) is 18.0 Å². The lowest BCUT2D eigenvalue weighted by Gasteiger charge is -2.19. The fourth-order valence-electron chi connectivity index (χ4n) is 1.49. The normalized spacial score (nSPS) is 18.5. The molecule has 2 N–H and O–H groups in total. The molecule has 1 rings (SSSR count). The molecule has 0 saturated carbocycles. The highest BCUT2D eigenvalue weighted by atomic mass is 16.6. The quantitative estimate of drug-likeness (QED) is 0.601. The van der Waals surface area contributed by atoms with Crippen molar-refractivity contribution < 1.29 is 19.5 Å². The number of nitrogens with zero attached hydrogens (tertiary/aromatic N) is 2. The standard InChI is InChI=1S/C10H17N3O4/c1-11-4-3-5-13(2)9(14)8-6-7(10(15)16)12-17-8/h8,11H,3-6H2,1-2H3,(H,15,16). The maximum atomic E-state index is 11.8. The second-order valence-electron chi connectivity index (χ2n) is 3.86. The molecule has 0 aliphatic carbocycles. The number of hydrogen-bond acceptors (Lipinski definition) is 5. The Balaban J connectivity index is 2.37. The van der Waals surface area contributed by atoms with Crippen molar-refractivity contribution in [2.24, 2.45) is 5.16 Å². The van der Waals surface area contributed by atoms with Crippen LogP contribution >= 0.6 is 0 Å². The number of hydrogen-bond donors (Lipinski definition) is 2. The van der Waals surface area contributed by atoms with E-state index in [0.717, 1.165) is 13.0 Å². The van der Waals surface area contributed by atoms with Crippen molar-refractivity contribution >= 4 is 17.6 Å². The van der Waals surface area contributed by atoms with Crippen LogP contribution in [0.25, 0.3) is 0 Å². The first-order valence-corrected chi connectivity index (χ1v) is 5.41. The van der Waals surface area contributed by atoms with Gasteiger partial charge in [-0.25, -0.2) is 4.79 Å². The number of nitrogens with one attached hydrogen (secondary N) is 1. The molecule has 7 heteroatoms. The Hall–Kier alpha value is -1.63. The summed E-state index contributed by atoms with van der Waals surface area (Å²) in [6.07, 6.45) is 0.0727. The molecule has 1 unspecified atom stereocenters. The topological polar surface area (TPSA) is 91.2 Å². The number of aliphatic carboxylic acids is 1. The molecule has 96 valence electrons. The molecule has 1 atom stereocenters. The second kappa shape index (κ2) is 6.19. The van der Waals surface area contributed by atoms with Gasteiger partial charge in [-0.2, -0.15) is 0 Å². The van der Waals surface area contributed by atoms with E-state index in [4.69, 9.17) is 9.94 Å². The fraction of sp³-hybridized carbons (Fsp3) is 0.700. The van der Waals surface area contributed by atoms with Gasteiger partial charge >= 0.3 is 5.97 Å². The molecular weight excluding hydrogens is 226 g/mol. The molecule has 0 aromatic rings. The predicted octanol–water partition coefficient (Wildman–Crippen LogP) is -0.716. The number of amides is 1. The summed E-state index contributed by atoms with van der Waals surface area (Å²) in [5.74, 6) is -1.38. The van der Waals surface area contributed by atoms with Gasteiger partial charge in [-0.3, -0.25) is 4.79 Å². The van der Waals surface area contributed by atoms with Crippen LogP contribution in [-0.4, -0.2) is 60.9 Å². The highest BCUT2D eigenvalue weighted by Crippen LogP contribution is 2.13. The van der Waals surface area contributed by atoms with Crippen molar-refractivity contribution in [3.8, 4) is 0 Å². The summed E-state index contributed by atoms with van der Waals surface area (Å²) in [7, 11) is 3.51. The zero-order valence-corrected chi connectivity index (χ0v) is 9.97. The number of likely N-dealkylation sites (N-methyl/N-ethyl adjacent to an activating group) is 1. The average molecular weight is 243 g/mol. The largest absolute Gasteiger partial charge is 0.477 e. The SMILES string of the molecule is CNCCCN(C)C(=O)C1CC(C(=O)O)=NO1. The van der Waals surface area contributed by atoms with E-state index in [1.54, 1.807) is 7.05 Å². The Labute approximate surface area is 99.4 Å². The molecule has 1 aliphatic heterocycles. The lowest BCUT2D eigenvalue weighted by Crippen LogP contribution is -2.38. The summed E-state index contributed by atoms with van der Waals surface area (Å²) in [5.41, 5.74) is -0.105. The van der Waals surface area contributed by atoms with Gasteiger partial charge in [0.05, 0.1) is 0 Å². The summed E-state index contributed by atoms with van der Waals surface area (Å²) >= 11 is 0. The Morgan fingerprint density at radius 1 is 1.65 bits per heavy atom. The minimum Gasteiger partial charge on any atom is -0.477 e. The van der Waals surface area contributed by atoms with Gasteiger partial charge in [0.1, 0.15) is 0 Å². The van der Waals surface area contributed by atoms with E-state index in [1.165, 1.54) is 4.90 Å². The zero-order chi connectivity index (χ0) is 12.8. The van der Waals surface area contributed by atoms with Crippen LogP contribution in [0.15, 0.2) is 5.16 Å². The van der Waals surface area contributed by atoms with Crippen LogP contribution in [0.5, 0.6) is 0 Å². The second-order valence-corrected chi connectivity index (χ2v) is 3.86. The summed E-state index contributed by atoms with van der Waals surface area (Å²) in [5, 5.41) is 15.0. The Morgan fingerprint density at radius 3 is 2.88 bits per heavy atom. The van der Waals surface area contributed by atoms with Crippen LogP contribution in [0.4, 0.5) is 0 Å². The summed E-state index contributed by atoms with van der Waals surface area (Å²) in [4.78, 5) is 28.8.